The number of aromatic nitrogens is 2. The molecule has 0 aliphatic carbocycles. The molecule has 0 saturated carbocycles. The van der Waals surface area contributed by atoms with Crippen LogP contribution in [-0.2, 0) is 6.42 Å². The topological polar surface area (TPSA) is 68.0 Å². The first-order chi connectivity index (χ1) is 6.27. The Balaban J connectivity index is 2.58. The van der Waals surface area contributed by atoms with Gasteiger partial charge in [-0.3, -0.25) is 4.79 Å². The van der Waals surface area contributed by atoms with Crippen molar-refractivity contribution in [1.29, 1.82) is 0 Å². The maximum atomic E-state index is 11.0. The van der Waals surface area contributed by atoms with Gasteiger partial charge in [0.05, 0.1) is 0 Å². The predicted molar refractivity (Wildman–Crippen MR) is 46.3 cm³/mol. The first-order valence-electron chi connectivity index (χ1n) is 4.32. The Bertz CT molecular complexity index is 283. The van der Waals surface area contributed by atoms with Crippen molar-refractivity contribution in [2.24, 2.45) is 0 Å². The number of rotatable bonds is 4. The molecule has 0 aliphatic rings. The average molecular weight is 183 g/mol. The summed E-state index contributed by atoms with van der Waals surface area (Å²) in [5.41, 5.74) is 0. The predicted octanol–water partition coefficient (Wildman–Crippen LogP) is 0.772. The van der Waals surface area contributed by atoms with E-state index in [1.807, 2.05) is 0 Å². The molecule has 5 heteroatoms. The van der Waals surface area contributed by atoms with Gasteiger partial charge in [-0.25, -0.2) is 0 Å². The lowest BCUT2D eigenvalue weighted by molar-refractivity contribution is 0.0950. The lowest BCUT2D eigenvalue weighted by Crippen LogP contribution is -2.19. The molecule has 1 aromatic heterocycles. The molecule has 1 heterocycles. The molecular formula is C8H13N3O2. The van der Waals surface area contributed by atoms with Gasteiger partial charge in [-0.1, -0.05) is 18.5 Å². The van der Waals surface area contributed by atoms with Crippen molar-refractivity contribution < 1.29 is 9.32 Å². The first-order valence-corrected chi connectivity index (χ1v) is 4.32. The Hall–Kier alpha value is -1.39. The number of nitrogens with one attached hydrogen (secondary N) is 1. The third kappa shape index (κ3) is 2.54. The maximum absolute atomic E-state index is 11.0. The minimum Gasteiger partial charge on any atom is -0.352 e. The minimum atomic E-state index is -0.313. The Morgan fingerprint density at radius 1 is 1.62 bits per heavy atom. The second-order valence-electron chi connectivity index (χ2n) is 2.69. The van der Waals surface area contributed by atoms with E-state index in [4.69, 9.17) is 4.52 Å². The van der Waals surface area contributed by atoms with Gasteiger partial charge in [0.25, 0.3) is 11.7 Å². The molecule has 1 aromatic rings. The number of amides is 1. The van der Waals surface area contributed by atoms with Crippen molar-refractivity contribution in [1.82, 2.24) is 15.5 Å². The van der Waals surface area contributed by atoms with Gasteiger partial charge in [0.15, 0.2) is 0 Å². The highest BCUT2D eigenvalue weighted by molar-refractivity contribution is 5.89. The van der Waals surface area contributed by atoms with E-state index in [-0.39, 0.29) is 11.7 Å². The molecule has 0 atom stereocenters. The van der Waals surface area contributed by atoms with Crippen LogP contribution >= 0.6 is 0 Å². The highest BCUT2D eigenvalue weighted by Crippen LogP contribution is 2.02. The van der Waals surface area contributed by atoms with E-state index in [1.165, 1.54) is 7.05 Å². The molecule has 0 fully saturated rings. The summed E-state index contributed by atoms with van der Waals surface area (Å²) < 4.78 is 4.87. The molecule has 5 nitrogen and oxygen atoms in total. The summed E-state index contributed by atoms with van der Waals surface area (Å²) in [6.07, 6.45) is 2.80. The van der Waals surface area contributed by atoms with Crippen LogP contribution in [0.25, 0.3) is 0 Å². The molecule has 0 aromatic carbocycles. The SMILES string of the molecule is CCCCc1nc(C(=O)NC)no1. The number of aryl methyl sites for hydroxylation is 1. The number of hydrogen-bond donors (Lipinski definition) is 1. The fourth-order valence-electron chi connectivity index (χ4n) is 0.888. The van der Waals surface area contributed by atoms with Crippen molar-refractivity contribution >= 4 is 5.91 Å². The summed E-state index contributed by atoms with van der Waals surface area (Å²) >= 11 is 0. The fourth-order valence-corrected chi connectivity index (χ4v) is 0.888. The Kier molecular flexibility index (Phi) is 3.42. The Morgan fingerprint density at radius 3 is 3.00 bits per heavy atom. The third-order valence-corrected chi connectivity index (χ3v) is 1.64. The third-order valence-electron chi connectivity index (χ3n) is 1.64. The van der Waals surface area contributed by atoms with Gasteiger partial charge < -0.3 is 9.84 Å². The van der Waals surface area contributed by atoms with E-state index >= 15 is 0 Å². The molecule has 72 valence electrons. The van der Waals surface area contributed by atoms with Gasteiger partial charge in [0.2, 0.25) is 5.89 Å². The van der Waals surface area contributed by atoms with Crippen LogP contribution in [-0.4, -0.2) is 23.1 Å². The standard InChI is InChI=1S/C8H13N3O2/c1-3-4-5-6-10-7(11-13-6)8(12)9-2/h3-5H2,1-2H3,(H,9,12). The summed E-state index contributed by atoms with van der Waals surface area (Å²) in [7, 11) is 1.53. The molecule has 13 heavy (non-hydrogen) atoms. The molecule has 1 amide bonds. The number of carbonyl (C=O) groups is 1. The van der Waals surface area contributed by atoms with Gasteiger partial charge in [-0.05, 0) is 6.42 Å². The molecule has 0 saturated heterocycles. The Labute approximate surface area is 76.5 Å². The molecule has 0 spiro atoms. The highest BCUT2D eigenvalue weighted by Gasteiger charge is 2.11. The van der Waals surface area contributed by atoms with E-state index in [2.05, 4.69) is 22.4 Å². The molecule has 0 unspecified atom stereocenters. The number of nitrogens with zero attached hydrogens (tertiary/aromatic N) is 2. The fraction of sp³-hybridized carbons (Fsp3) is 0.625. The lowest BCUT2D eigenvalue weighted by atomic mass is 10.2. The van der Waals surface area contributed by atoms with Crippen LogP contribution in [0.5, 0.6) is 0 Å². The summed E-state index contributed by atoms with van der Waals surface area (Å²) in [5.74, 6) is 0.320. The molecule has 0 aliphatic heterocycles. The minimum absolute atomic E-state index is 0.105. The normalized spacial score (nSPS) is 10.0. The average Bonchev–Trinajstić information content (AvgIpc) is 2.62. The number of carbonyl (C=O) groups excluding carboxylic acids is 1. The van der Waals surface area contributed by atoms with Gasteiger partial charge in [-0.15, -0.1) is 0 Å². The van der Waals surface area contributed by atoms with E-state index in [0.29, 0.717) is 5.89 Å². The first kappa shape index (κ1) is 9.70. The van der Waals surface area contributed by atoms with E-state index in [1.54, 1.807) is 0 Å². The summed E-state index contributed by atoms with van der Waals surface area (Å²) in [6, 6.07) is 0. The van der Waals surface area contributed by atoms with Crippen LogP contribution in [0.4, 0.5) is 0 Å². The van der Waals surface area contributed by atoms with Crippen LogP contribution in [0.2, 0.25) is 0 Å². The van der Waals surface area contributed by atoms with Crippen molar-refractivity contribution in [3.05, 3.63) is 11.7 Å². The van der Waals surface area contributed by atoms with Gasteiger partial charge in [0, 0.05) is 13.5 Å². The smallest absolute Gasteiger partial charge is 0.292 e. The quantitative estimate of drug-likeness (QED) is 0.748. The zero-order chi connectivity index (χ0) is 9.68. The van der Waals surface area contributed by atoms with Crippen LogP contribution in [0.15, 0.2) is 4.52 Å². The molecule has 1 N–H and O–H groups in total. The van der Waals surface area contributed by atoms with Gasteiger partial charge >= 0.3 is 0 Å². The molecule has 1 rings (SSSR count). The van der Waals surface area contributed by atoms with Crippen molar-refractivity contribution in [3.63, 3.8) is 0 Å². The monoisotopic (exact) mass is 183 g/mol. The largest absolute Gasteiger partial charge is 0.352 e. The Morgan fingerprint density at radius 2 is 2.38 bits per heavy atom. The van der Waals surface area contributed by atoms with Gasteiger partial charge in [0.1, 0.15) is 0 Å². The van der Waals surface area contributed by atoms with E-state index in [0.717, 1.165) is 19.3 Å². The highest BCUT2D eigenvalue weighted by atomic mass is 16.5. The zero-order valence-electron chi connectivity index (χ0n) is 7.83. The summed E-state index contributed by atoms with van der Waals surface area (Å²) in [4.78, 5) is 14.9. The summed E-state index contributed by atoms with van der Waals surface area (Å²) in [5, 5.41) is 5.97. The van der Waals surface area contributed by atoms with Crippen LogP contribution in [0.3, 0.4) is 0 Å². The summed E-state index contributed by atoms with van der Waals surface area (Å²) in [6.45, 7) is 2.08. The molecule has 0 bridgehead atoms. The second kappa shape index (κ2) is 4.59. The van der Waals surface area contributed by atoms with Crippen molar-refractivity contribution in [2.75, 3.05) is 7.05 Å². The maximum Gasteiger partial charge on any atom is 0.292 e. The van der Waals surface area contributed by atoms with Gasteiger partial charge in [-0.2, -0.15) is 4.98 Å². The lowest BCUT2D eigenvalue weighted by Gasteiger charge is -1.89. The van der Waals surface area contributed by atoms with Crippen molar-refractivity contribution in [3.8, 4) is 0 Å². The number of hydrogen-bond acceptors (Lipinski definition) is 4. The second-order valence-corrected chi connectivity index (χ2v) is 2.69. The van der Waals surface area contributed by atoms with Crippen LogP contribution < -0.4 is 5.32 Å². The molecular weight excluding hydrogens is 170 g/mol. The molecule has 0 radical (unpaired) electrons. The zero-order valence-corrected chi connectivity index (χ0v) is 7.83. The van der Waals surface area contributed by atoms with Crippen LogP contribution in [0, 0.1) is 0 Å². The van der Waals surface area contributed by atoms with E-state index in [9.17, 15) is 4.79 Å². The van der Waals surface area contributed by atoms with Crippen LogP contribution in [0.1, 0.15) is 36.3 Å². The van der Waals surface area contributed by atoms with E-state index < -0.39 is 0 Å². The number of unbranched alkanes of at least 4 members (excludes halogenated alkanes) is 1. The van der Waals surface area contributed by atoms with Crippen molar-refractivity contribution in [2.45, 2.75) is 26.2 Å².